The summed E-state index contributed by atoms with van der Waals surface area (Å²) in [6.45, 7) is 13.0. The fraction of sp³-hybridized carbons (Fsp3) is 0.923. The monoisotopic (exact) mass is 225 g/mol. The number of nitrogens with zero attached hydrogens (tertiary/aromatic N) is 1. The molecule has 3 unspecified atom stereocenters. The maximum Gasteiger partial charge on any atom is 0.191 e. The lowest BCUT2D eigenvalue weighted by atomic mass is 10.1. The van der Waals surface area contributed by atoms with E-state index < -0.39 is 0 Å². The highest BCUT2D eigenvalue weighted by atomic mass is 15.2. The summed E-state index contributed by atoms with van der Waals surface area (Å²) in [5, 5.41) is 6.76. The highest BCUT2D eigenvalue weighted by Gasteiger charge is 2.31. The fourth-order valence-corrected chi connectivity index (χ4v) is 1.56. The average molecular weight is 225 g/mol. The highest BCUT2D eigenvalue weighted by Crippen LogP contribution is 2.37. The van der Waals surface area contributed by atoms with Gasteiger partial charge in [-0.2, -0.15) is 0 Å². The quantitative estimate of drug-likeness (QED) is 0.556. The lowest BCUT2D eigenvalue weighted by molar-refractivity contribution is 0.480. The summed E-state index contributed by atoms with van der Waals surface area (Å²) >= 11 is 0. The lowest BCUT2D eigenvalue weighted by Gasteiger charge is -2.20. The van der Waals surface area contributed by atoms with Gasteiger partial charge in [0.05, 0.1) is 0 Å². The first-order valence-electron chi connectivity index (χ1n) is 6.59. The number of guanidine groups is 1. The van der Waals surface area contributed by atoms with Crippen molar-refractivity contribution in [2.75, 3.05) is 13.1 Å². The first-order valence-corrected chi connectivity index (χ1v) is 6.59. The Bertz CT molecular complexity index is 235. The molecule has 1 saturated carbocycles. The van der Waals surface area contributed by atoms with E-state index in [1.165, 1.54) is 6.42 Å². The van der Waals surface area contributed by atoms with E-state index in [2.05, 4.69) is 50.2 Å². The Morgan fingerprint density at radius 1 is 1.38 bits per heavy atom. The van der Waals surface area contributed by atoms with Gasteiger partial charge in [0.1, 0.15) is 0 Å². The summed E-state index contributed by atoms with van der Waals surface area (Å²) < 4.78 is 0. The maximum atomic E-state index is 4.64. The van der Waals surface area contributed by atoms with Crippen LogP contribution in [0.3, 0.4) is 0 Å². The summed E-state index contributed by atoms with van der Waals surface area (Å²) in [5.74, 6) is 3.31. The first kappa shape index (κ1) is 13.3. The Morgan fingerprint density at radius 2 is 2.00 bits per heavy atom. The molecule has 1 fully saturated rings. The molecule has 2 N–H and O–H groups in total. The summed E-state index contributed by atoms with van der Waals surface area (Å²) in [6.07, 6.45) is 1.35. The van der Waals surface area contributed by atoms with Crippen molar-refractivity contribution >= 4 is 5.96 Å². The zero-order valence-corrected chi connectivity index (χ0v) is 11.4. The third kappa shape index (κ3) is 4.42. The Labute approximate surface area is 100 Å². The second kappa shape index (κ2) is 6.12. The molecule has 0 aliphatic heterocycles. The van der Waals surface area contributed by atoms with E-state index in [0.29, 0.717) is 12.0 Å². The molecule has 3 atom stereocenters. The standard InChI is InChI=1S/C13H27N3/c1-6-14-13(16-11(5)9(2)3)15-8-12-7-10(12)4/h9-12H,6-8H2,1-5H3,(H2,14,15,16). The van der Waals surface area contributed by atoms with Crippen molar-refractivity contribution in [3.8, 4) is 0 Å². The van der Waals surface area contributed by atoms with Crippen LogP contribution in [-0.2, 0) is 0 Å². The van der Waals surface area contributed by atoms with Crippen LogP contribution in [-0.4, -0.2) is 25.1 Å². The zero-order chi connectivity index (χ0) is 12.1. The van der Waals surface area contributed by atoms with Crippen LogP contribution >= 0.6 is 0 Å². The van der Waals surface area contributed by atoms with Crippen LogP contribution in [0, 0.1) is 17.8 Å². The van der Waals surface area contributed by atoms with E-state index in [4.69, 9.17) is 0 Å². The van der Waals surface area contributed by atoms with Crippen molar-refractivity contribution < 1.29 is 0 Å². The number of aliphatic imine (C=N–C) groups is 1. The molecule has 0 heterocycles. The average Bonchev–Trinajstić information content (AvgIpc) is 2.91. The Morgan fingerprint density at radius 3 is 2.44 bits per heavy atom. The number of hydrogen-bond acceptors (Lipinski definition) is 1. The summed E-state index contributed by atoms with van der Waals surface area (Å²) in [4.78, 5) is 4.64. The molecule has 1 aliphatic carbocycles. The van der Waals surface area contributed by atoms with Gasteiger partial charge in [-0.25, -0.2) is 0 Å². The fourth-order valence-electron chi connectivity index (χ4n) is 1.56. The van der Waals surface area contributed by atoms with Crippen LogP contribution in [0.2, 0.25) is 0 Å². The van der Waals surface area contributed by atoms with Crippen molar-refractivity contribution in [3.05, 3.63) is 0 Å². The molecule has 1 rings (SSSR count). The van der Waals surface area contributed by atoms with Gasteiger partial charge < -0.3 is 10.6 Å². The summed E-state index contributed by atoms with van der Waals surface area (Å²) in [5.41, 5.74) is 0. The molecule has 0 spiro atoms. The smallest absolute Gasteiger partial charge is 0.191 e. The molecule has 0 saturated heterocycles. The lowest BCUT2D eigenvalue weighted by Crippen LogP contribution is -2.44. The predicted octanol–water partition coefficient (Wildman–Crippen LogP) is 2.24. The van der Waals surface area contributed by atoms with Crippen molar-refractivity contribution in [3.63, 3.8) is 0 Å². The topological polar surface area (TPSA) is 36.4 Å². The van der Waals surface area contributed by atoms with Crippen LogP contribution in [0.25, 0.3) is 0 Å². The van der Waals surface area contributed by atoms with E-state index in [9.17, 15) is 0 Å². The SMILES string of the molecule is CCNC(=NCC1CC1C)NC(C)C(C)C. The van der Waals surface area contributed by atoms with Crippen LogP contribution in [0.5, 0.6) is 0 Å². The molecule has 94 valence electrons. The van der Waals surface area contributed by atoms with E-state index >= 15 is 0 Å². The summed E-state index contributed by atoms with van der Waals surface area (Å²) in [6, 6.07) is 0.467. The molecular formula is C13H27N3. The molecule has 0 aromatic heterocycles. The van der Waals surface area contributed by atoms with Crippen LogP contribution in [0.4, 0.5) is 0 Å². The predicted molar refractivity (Wildman–Crippen MR) is 70.7 cm³/mol. The molecular weight excluding hydrogens is 198 g/mol. The summed E-state index contributed by atoms with van der Waals surface area (Å²) in [7, 11) is 0. The molecule has 3 heteroatoms. The Hall–Kier alpha value is -0.730. The van der Waals surface area contributed by atoms with E-state index in [1.807, 2.05) is 0 Å². The molecule has 0 bridgehead atoms. The molecule has 3 nitrogen and oxygen atoms in total. The molecule has 16 heavy (non-hydrogen) atoms. The number of nitrogens with one attached hydrogen (secondary N) is 2. The van der Waals surface area contributed by atoms with Crippen LogP contribution < -0.4 is 10.6 Å². The minimum absolute atomic E-state index is 0.467. The highest BCUT2D eigenvalue weighted by molar-refractivity contribution is 5.80. The van der Waals surface area contributed by atoms with Gasteiger partial charge in [-0.1, -0.05) is 20.8 Å². The van der Waals surface area contributed by atoms with Crippen LogP contribution in [0.15, 0.2) is 4.99 Å². The molecule has 0 amide bonds. The van der Waals surface area contributed by atoms with E-state index in [1.54, 1.807) is 0 Å². The van der Waals surface area contributed by atoms with Gasteiger partial charge in [0, 0.05) is 19.1 Å². The van der Waals surface area contributed by atoms with Gasteiger partial charge in [-0.05, 0) is 38.0 Å². The van der Waals surface area contributed by atoms with E-state index in [-0.39, 0.29) is 0 Å². The van der Waals surface area contributed by atoms with Crippen molar-refractivity contribution in [2.24, 2.45) is 22.7 Å². The van der Waals surface area contributed by atoms with Crippen molar-refractivity contribution in [2.45, 2.75) is 47.1 Å². The maximum absolute atomic E-state index is 4.64. The zero-order valence-electron chi connectivity index (χ0n) is 11.4. The van der Waals surface area contributed by atoms with Crippen molar-refractivity contribution in [1.29, 1.82) is 0 Å². The van der Waals surface area contributed by atoms with Gasteiger partial charge in [-0.3, -0.25) is 4.99 Å². The van der Waals surface area contributed by atoms with Gasteiger partial charge in [0.25, 0.3) is 0 Å². The second-order valence-corrected chi connectivity index (χ2v) is 5.37. The third-order valence-corrected chi connectivity index (χ3v) is 3.47. The van der Waals surface area contributed by atoms with Gasteiger partial charge in [0.2, 0.25) is 0 Å². The normalized spacial score (nSPS) is 26.8. The number of rotatable bonds is 5. The Kier molecular flexibility index (Phi) is 5.10. The minimum Gasteiger partial charge on any atom is -0.357 e. The third-order valence-electron chi connectivity index (χ3n) is 3.47. The van der Waals surface area contributed by atoms with E-state index in [0.717, 1.165) is 30.9 Å². The van der Waals surface area contributed by atoms with Gasteiger partial charge >= 0.3 is 0 Å². The first-order chi connectivity index (χ1) is 7.54. The van der Waals surface area contributed by atoms with Gasteiger partial charge in [-0.15, -0.1) is 0 Å². The second-order valence-electron chi connectivity index (χ2n) is 5.37. The number of hydrogen-bond donors (Lipinski definition) is 2. The molecule has 0 aromatic rings. The van der Waals surface area contributed by atoms with Gasteiger partial charge in [0.15, 0.2) is 5.96 Å². The minimum atomic E-state index is 0.467. The largest absolute Gasteiger partial charge is 0.357 e. The van der Waals surface area contributed by atoms with Crippen LogP contribution in [0.1, 0.15) is 41.0 Å². The molecule has 1 aliphatic rings. The molecule has 0 radical (unpaired) electrons. The Balaban J connectivity index is 2.39. The molecule has 0 aromatic carbocycles. The van der Waals surface area contributed by atoms with Crippen molar-refractivity contribution in [1.82, 2.24) is 10.6 Å².